The summed E-state index contributed by atoms with van der Waals surface area (Å²) in [5.41, 5.74) is 1.58. The van der Waals surface area contributed by atoms with E-state index in [0.29, 0.717) is 0 Å². The number of hydrogen-bond acceptors (Lipinski definition) is 3. The molecule has 1 amide bonds. The number of nitrogens with one attached hydrogen (secondary N) is 3. The molecule has 0 saturated carbocycles. The fourth-order valence-electron chi connectivity index (χ4n) is 1.48. The fourth-order valence-corrected chi connectivity index (χ4v) is 1.48. The molecule has 0 spiro atoms. The second-order valence-electron chi connectivity index (χ2n) is 3.62. The molecule has 0 fully saturated rings. The molecule has 17 heavy (non-hydrogen) atoms. The topological polar surface area (TPSA) is 69.8 Å². The van der Waals surface area contributed by atoms with Crippen LogP contribution >= 0.6 is 0 Å². The lowest BCUT2D eigenvalue weighted by Crippen LogP contribution is -2.14. The molecule has 5 heteroatoms. The molecule has 1 heterocycles. The van der Waals surface area contributed by atoms with Crippen LogP contribution in [0.25, 0.3) is 0 Å². The predicted molar refractivity (Wildman–Crippen MR) is 66.9 cm³/mol. The van der Waals surface area contributed by atoms with Crippen molar-refractivity contribution < 1.29 is 4.79 Å². The Morgan fingerprint density at radius 1 is 1.35 bits per heavy atom. The lowest BCUT2D eigenvalue weighted by Gasteiger charge is -2.02. The van der Waals surface area contributed by atoms with Crippen LogP contribution < -0.4 is 10.6 Å². The van der Waals surface area contributed by atoms with E-state index in [1.165, 1.54) is 0 Å². The number of nitrogens with zero attached hydrogens (tertiary/aromatic N) is 1. The molecule has 5 nitrogen and oxygen atoms in total. The zero-order valence-electron chi connectivity index (χ0n) is 9.53. The molecule has 0 atom stereocenters. The Balaban J connectivity index is 1.93. The van der Waals surface area contributed by atoms with Gasteiger partial charge in [0.2, 0.25) is 5.91 Å². The van der Waals surface area contributed by atoms with Gasteiger partial charge < -0.3 is 10.6 Å². The summed E-state index contributed by atoms with van der Waals surface area (Å²) < 4.78 is 0. The maximum Gasteiger partial charge on any atom is 0.230 e. The molecule has 1 aromatic heterocycles. The first-order valence-corrected chi connectivity index (χ1v) is 5.35. The molecule has 0 unspecified atom stereocenters. The van der Waals surface area contributed by atoms with Gasteiger partial charge in [0.1, 0.15) is 5.82 Å². The Morgan fingerprint density at radius 3 is 2.76 bits per heavy atom. The summed E-state index contributed by atoms with van der Waals surface area (Å²) >= 11 is 0. The van der Waals surface area contributed by atoms with Gasteiger partial charge in [-0.25, -0.2) is 0 Å². The fraction of sp³-hybridized carbons (Fsp3) is 0.167. The highest BCUT2D eigenvalue weighted by atomic mass is 16.1. The van der Waals surface area contributed by atoms with E-state index >= 15 is 0 Å². The van der Waals surface area contributed by atoms with Crippen molar-refractivity contribution in [2.45, 2.75) is 6.42 Å². The minimum absolute atomic E-state index is 0.0671. The third kappa shape index (κ3) is 3.07. The Bertz CT molecular complexity index is 492. The third-order valence-corrected chi connectivity index (χ3v) is 2.30. The van der Waals surface area contributed by atoms with Crippen molar-refractivity contribution in [3.8, 4) is 0 Å². The molecular formula is C12H14N4O. The van der Waals surface area contributed by atoms with Gasteiger partial charge in [-0.1, -0.05) is 18.2 Å². The van der Waals surface area contributed by atoms with Gasteiger partial charge in [0, 0.05) is 24.5 Å². The number of carbonyl (C=O) groups is 1. The number of anilines is 2. The zero-order chi connectivity index (χ0) is 12.1. The summed E-state index contributed by atoms with van der Waals surface area (Å²) in [7, 11) is 1.78. The first kappa shape index (κ1) is 11.2. The van der Waals surface area contributed by atoms with Crippen LogP contribution in [0.2, 0.25) is 0 Å². The molecule has 0 aliphatic rings. The number of H-pyrrole nitrogens is 1. The molecular weight excluding hydrogens is 216 g/mol. The highest BCUT2D eigenvalue weighted by molar-refractivity contribution is 5.92. The van der Waals surface area contributed by atoms with Crippen LogP contribution in [0.5, 0.6) is 0 Å². The molecule has 2 rings (SSSR count). The van der Waals surface area contributed by atoms with Crippen molar-refractivity contribution in [2.75, 3.05) is 17.7 Å². The molecule has 88 valence electrons. The summed E-state index contributed by atoms with van der Waals surface area (Å²) in [6.07, 6.45) is 0.281. The summed E-state index contributed by atoms with van der Waals surface area (Å²) in [6.45, 7) is 0. The summed E-state index contributed by atoms with van der Waals surface area (Å²) in [6, 6.07) is 11.2. The summed E-state index contributed by atoms with van der Waals surface area (Å²) in [5, 5.41) is 12.5. The van der Waals surface area contributed by atoms with Crippen LogP contribution in [0, 0.1) is 0 Å². The SMILES string of the molecule is CNc1cc(CC(=O)Nc2ccccc2)[nH]n1. The molecule has 0 bridgehead atoms. The van der Waals surface area contributed by atoms with Crippen LogP contribution in [0.15, 0.2) is 36.4 Å². The molecule has 0 radical (unpaired) electrons. The minimum atomic E-state index is -0.0671. The Morgan fingerprint density at radius 2 is 2.12 bits per heavy atom. The molecule has 0 saturated heterocycles. The largest absolute Gasteiger partial charge is 0.372 e. The van der Waals surface area contributed by atoms with Crippen molar-refractivity contribution in [1.29, 1.82) is 0 Å². The number of benzene rings is 1. The normalized spacial score (nSPS) is 9.94. The van der Waals surface area contributed by atoms with Gasteiger partial charge in [0.25, 0.3) is 0 Å². The van der Waals surface area contributed by atoms with E-state index in [2.05, 4.69) is 20.8 Å². The maximum absolute atomic E-state index is 11.7. The summed E-state index contributed by atoms with van der Waals surface area (Å²) in [4.78, 5) is 11.7. The van der Waals surface area contributed by atoms with Crippen LogP contribution in [0.3, 0.4) is 0 Å². The second-order valence-corrected chi connectivity index (χ2v) is 3.62. The van der Waals surface area contributed by atoms with E-state index in [4.69, 9.17) is 0 Å². The number of para-hydroxylation sites is 1. The smallest absolute Gasteiger partial charge is 0.230 e. The van der Waals surface area contributed by atoms with Gasteiger partial charge >= 0.3 is 0 Å². The van der Waals surface area contributed by atoms with E-state index in [-0.39, 0.29) is 12.3 Å². The number of hydrogen-bond donors (Lipinski definition) is 3. The number of aromatic nitrogens is 2. The average Bonchev–Trinajstić information content (AvgIpc) is 2.78. The predicted octanol–water partition coefficient (Wildman–Crippen LogP) is 1.63. The Hall–Kier alpha value is -2.30. The first-order chi connectivity index (χ1) is 8.28. The highest BCUT2D eigenvalue weighted by Gasteiger charge is 2.06. The highest BCUT2D eigenvalue weighted by Crippen LogP contribution is 2.08. The van der Waals surface area contributed by atoms with Gasteiger partial charge in [-0.05, 0) is 12.1 Å². The van der Waals surface area contributed by atoms with Gasteiger partial charge in [-0.15, -0.1) is 0 Å². The Kier molecular flexibility index (Phi) is 3.40. The van der Waals surface area contributed by atoms with Crippen LogP contribution in [0.1, 0.15) is 5.69 Å². The van der Waals surface area contributed by atoms with Gasteiger partial charge in [-0.2, -0.15) is 5.10 Å². The van der Waals surface area contributed by atoms with E-state index in [1.807, 2.05) is 36.4 Å². The lowest BCUT2D eigenvalue weighted by atomic mass is 10.2. The van der Waals surface area contributed by atoms with Gasteiger partial charge in [0.05, 0.1) is 6.42 Å². The maximum atomic E-state index is 11.7. The minimum Gasteiger partial charge on any atom is -0.372 e. The molecule has 0 aliphatic carbocycles. The first-order valence-electron chi connectivity index (χ1n) is 5.35. The lowest BCUT2D eigenvalue weighted by molar-refractivity contribution is -0.115. The molecule has 2 aromatic rings. The van der Waals surface area contributed by atoms with E-state index < -0.39 is 0 Å². The Labute approximate surface area is 99.2 Å². The molecule has 1 aromatic carbocycles. The van der Waals surface area contributed by atoms with Crippen molar-refractivity contribution in [3.05, 3.63) is 42.1 Å². The summed E-state index contributed by atoms with van der Waals surface area (Å²) in [5.74, 6) is 0.662. The third-order valence-electron chi connectivity index (χ3n) is 2.30. The zero-order valence-corrected chi connectivity index (χ0v) is 9.53. The quantitative estimate of drug-likeness (QED) is 0.747. The van der Waals surface area contributed by atoms with Crippen molar-refractivity contribution in [2.24, 2.45) is 0 Å². The van der Waals surface area contributed by atoms with Crippen molar-refractivity contribution >= 4 is 17.4 Å². The number of amides is 1. The average molecular weight is 230 g/mol. The van der Waals surface area contributed by atoms with E-state index in [9.17, 15) is 4.79 Å². The van der Waals surface area contributed by atoms with Crippen LogP contribution in [0.4, 0.5) is 11.5 Å². The standard InChI is InChI=1S/C12H14N4O/c1-13-11-7-10(15-16-11)8-12(17)14-9-5-3-2-4-6-9/h2-7H,8H2,1H3,(H,14,17)(H2,13,15,16). The van der Waals surface area contributed by atoms with Gasteiger partial charge in [0.15, 0.2) is 0 Å². The second kappa shape index (κ2) is 5.16. The monoisotopic (exact) mass is 230 g/mol. The van der Waals surface area contributed by atoms with Crippen LogP contribution in [-0.4, -0.2) is 23.2 Å². The van der Waals surface area contributed by atoms with Crippen LogP contribution in [-0.2, 0) is 11.2 Å². The van der Waals surface area contributed by atoms with Crippen molar-refractivity contribution in [1.82, 2.24) is 10.2 Å². The molecule has 3 N–H and O–H groups in total. The van der Waals surface area contributed by atoms with E-state index in [1.54, 1.807) is 7.05 Å². The number of aromatic amines is 1. The number of carbonyl (C=O) groups excluding carboxylic acids is 1. The molecule has 0 aliphatic heterocycles. The van der Waals surface area contributed by atoms with Crippen molar-refractivity contribution in [3.63, 3.8) is 0 Å². The van der Waals surface area contributed by atoms with Gasteiger partial charge in [-0.3, -0.25) is 9.89 Å². The number of rotatable bonds is 4. The van der Waals surface area contributed by atoms with E-state index in [0.717, 1.165) is 17.2 Å².